The molecule has 2 saturated heterocycles. The number of benzene rings is 1. The van der Waals surface area contributed by atoms with E-state index < -0.39 is 5.79 Å². The molecule has 1 spiro atoms. The number of carbonyl (C=O) groups is 1. The molecule has 0 radical (unpaired) electrons. The average Bonchev–Trinajstić information content (AvgIpc) is 2.45. The first kappa shape index (κ1) is 14.4. The van der Waals surface area contributed by atoms with Crippen molar-refractivity contribution in [2.75, 3.05) is 33.4 Å². The Hall–Kier alpha value is -1.59. The van der Waals surface area contributed by atoms with Crippen molar-refractivity contribution in [3.05, 3.63) is 29.8 Å². The molecule has 3 rings (SSSR count). The van der Waals surface area contributed by atoms with Crippen molar-refractivity contribution in [2.45, 2.75) is 19.6 Å². The normalized spacial score (nSPS) is 22.7. The smallest absolute Gasteiger partial charge is 0.254 e. The molecule has 2 heterocycles. The average molecular weight is 291 g/mol. The van der Waals surface area contributed by atoms with Crippen molar-refractivity contribution >= 4 is 5.91 Å². The molecule has 21 heavy (non-hydrogen) atoms. The molecule has 2 aliphatic rings. The molecule has 0 aliphatic carbocycles. The number of carbonyl (C=O) groups excluding carboxylic acids is 1. The Balaban J connectivity index is 1.62. The first-order valence-corrected chi connectivity index (χ1v) is 7.14. The van der Waals surface area contributed by atoms with Crippen molar-refractivity contribution in [2.24, 2.45) is 5.41 Å². The second-order valence-electron chi connectivity index (χ2n) is 6.37. The van der Waals surface area contributed by atoms with E-state index in [1.165, 1.54) is 0 Å². The van der Waals surface area contributed by atoms with Crippen molar-refractivity contribution in [1.82, 2.24) is 4.90 Å². The van der Waals surface area contributed by atoms with Crippen LogP contribution in [0.5, 0.6) is 5.75 Å². The number of amides is 1. The van der Waals surface area contributed by atoms with Gasteiger partial charge in [0, 0.05) is 18.7 Å². The molecule has 2 aliphatic heterocycles. The first-order chi connectivity index (χ1) is 9.93. The molecular formula is C16H21NO4. The summed E-state index contributed by atoms with van der Waals surface area (Å²) in [5.41, 5.74) is 0.617. The quantitative estimate of drug-likeness (QED) is 0.835. The van der Waals surface area contributed by atoms with Crippen LogP contribution in [0.25, 0.3) is 0 Å². The van der Waals surface area contributed by atoms with E-state index in [0.29, 0.717) is 37.6 Å². The molecule has 1 amide bonds. The van der Waals surface area contributed by atoms with E-state index in [-0.39, 0.29) is 11.3 Å². The van der Waals surface area contributed by atoms with Crippen LogP contribution in [0, 0.1) is 5.41 Å². The maximum absolute atomic E-state index is 12.4. The van der Waals surface area contributed by atoms with Crippen LogP contribution in [0.3, 0.4) is 0 Å². The van der Waals surface area contributed by atoms with Crippen LogP contribution in [0.1, 0.15) is 24.2 Å². The van der Waals surface area contributed by atoms with E-state index in [4.69, 9.17) is 14.2 Å². The van der Waals surface area contributed by atoms with E-state index in [2.05, 4.69) is 0 Å². The summed E-state index contributed by atoms with van der Waals surface area (Å²) in [4.78, 5) is 14.3. The fourth-order valence-electron chi connectivity index (χ4n) is 2.77. The van der Waals surface area contributed by atoms with Crippen molar-refractivity contribution in [1.29, 1.82) is 0 Å². The second-order valence-corrected chi connectivity index (χ2v) is 6.37. The van der Waals surface area contributed by atoms with Gasteiger partial charge in [-0.05, 0) is 32.0 Å². The van der Waals surface area contributed by atoms with E-state index in [1.807, 2.05) is 36.9 Å². The lowest BCUT2D eigenvalue weighted by Crippen LogP contribution is -2.65. The van der Waals surface area contributed by atoms with Crippen LogP contribution in [-0.2, 0) is 9.47 Å². The molecule has 114 valence electrons. The van der Waals surface area contributed by atoms with Gasteiger partial charge in [0.2, 0.25) is 0 Å². The Kier molecular flexibility index (Phi) is 3.42. The number of nitrogens with zero attached hydrogens (tertiary/aromatic N) is 1. The minimum atomic E-state index is -0.511. The van der Waals surface area contributed by atoms with Crippen molar-refractivity contribution in [3.8, 4) is 5.75 Å². The zero-order chi connectivity index (χ0) is 15.1. The van der Waals surface area contributed by atoms with Crippen molar-refractivity contribution in [3.63, 3.8) is 0 Å². The highest BCUT2D eigenvalue weighted by Gasteiger charge is 2.50. The standard InChI is InChI=1S/C16H21NO4/c1-15(2)20-10-16(11-21-15)8-17(9-16)14(18)12-5-4-6-13(7-12)19-3/h4-7H,8-11H2,1-3H3. The highest BCUT2D eigenvalue weighted by Crippen LogP contribution is 2.38. The summed E-state index contributed by atoms with van der Waals surface area (Å²) in [6, 6.07) is 7.24. The SMILES string of the molecule is COc1cccc(C(=O)N2CC3(COC(C)(C)OC3)C2)c1. The summed E-state index contributed by atoms with van der Waals surface area (Å²) in [5, 5.41) is 0. The molecular weight excluding hydrogens is 270 g/mol. The van der Waals surface area contributed by atoms with Gasteiger partial charge in [0.25, 0.3) is 5.91 Å². The Morgan fingerprint density at radius 1 is 1.24 bits per heavy atom. The lowest BCUT2D eigenvalue weighted by Gasteiger charge is -2.54. The van der Waals surface area contributed by atoms with E-state index in [1.54, 1.807) is 13.2 Å². The summed E-state index contributed by atoms with van der Waals surface area (Å²) in [5.74, 6) is 0.217. The van der Waals surface area contributed by atoms with Gasteiger partial charge in [-0.3, -0.25) is 4.79 Å². The minimum Gasteiger partial charge on any atom is -0.497 e. The highest BCUT2D eigenvalue weighted by atomic mass is 16.7. The number of hydrogen-bond acceptors (Lipinski definition) is 4. The van der Waals surface area contributed by atoms with Crippen molar-refractivity contribution < 1.29 is 19.0 Å². The first-order valence-electron chi connectivity index (χ1n) is 7.14. The van der Waals surface area contributed by atoms with Gasteiger partial charge in [-0.2, -0.15) is 0 Å². The molecule has 0 N–H and O–H groups in total. The summed E-state index contributed by atoms with van der Waals surface area (Å²) < 4.78 is 16.6. The van der Waals surface area contributed by atoms with Gasteiger partial charge in [-0.15, -0.1) is 0 Å². The molecule has 0 bridgehead atoms. The predicted molar refractivity (Wildman–Crippen MR) is 77.3 cm³/mol. The van der Waals surface area contributed by atoms with Crippen LogP contribution >= 0.6 is 0 Å². The van der Waals surface area contributed by atoms with Gasteiger partial charge in [0.05, 0.1) is 25.7 Å². The molecule has 2 fully saturated rings. The molecule has 0 saturated carbocycles. The fraction of sp³-hybridized carbons (Fsp3) is 0.562. The van der Waals surface area contributed by atoms with Crippen LogP contribution in [0.15, 0.2) is 24.3 Å². The summed E-state index contributed by atoms with van der Waals surface area (Å²) in [6.07, 6.45) is 0. The largest absolute Gasteiger partial charge is 0.497 e. The third-order valence-electron chi connectivity index (χ3n) is 4.11. The monoisotopic (exact) mass is 291 g/mol. The third-order valence-corrected chi connectivity index (χ3v) is 4.11. The zero-order valence-corrected chi connectivity index (χ0v) is 12.7. The van der Waals surface area contributed by atoms with E-state index in [9.17, 15) is 4.79 Å². The molecule has 5 nitrogen and oxygen atoms in total. The molecule has 0 unspecified atom stereocenters. The van der Waals surface area contributed by atoms with Crippen LogP contribution in [-0.4, -0.2) is 50.0 Å². The maximum Gasteiger partial charge on any atom is 0.254 e. The van der Waals surface area contributed by atoms with Crippen LogP contribution in [0.2, 0.25) is 0 Å². The topological polar surface area (TPSA) is 48.0 Å². The lowest BCUT2D eigenvalue weighted by atomic mass is 9.80. The third kappa shape index (κ3) is 2.76. The number of likely N-dealkylation sites (tertiary alicyclic amines) is 1. The minimum absolute atomic E-state index is 0.0318. The van der Waals surface area contributed by atoms with Gasteiger partial charge < -0.3 is 19.1 Å². The van der Waals surface area contributed by atoms with Gasteiger partial charge in [0.15, 0.2) is 5.79 Å². The van der Waals surface area contributed by atoms with Crippen LogP contribution in [0.4, 0.5) is 0 Å². The Labute approximate surface area is 124 Å². The van der Waals surface area contributed by atoms with Gasteiger partial charge in [-0.1, -0.05) is 6.07 Å². The summed E-state index contributed by atoms with van der Waals surface area (Å²) in [7, 11) is 1.60. The molecule has 0 aromatic heterocycles. The number of hydrogen-bond donors (Lipinski definition) is 0. The van der Waals surface area contributed by atoms with Gasteiger partial charge in [0.1, 0.15) is 5.75 Å². The van der Waals surface area contributed by atoms with E-state index >= 15 is 0 Å². The fourth-order valence-corrected chi connectivity index (χ4v) is 2.77. The number of methoxy groups -OCH3 is 1. The highest BCUT2D eigenvalue weighted by molar-refractivity contribution is 5.95. The van der Waals surface area contributed by atoms with Gasteiger partial charge in [-0.25, -0.2) is 0 Å². The summed E-state index contributed by atoms with van der Waals surface area (Å²) in [6.45, 7) is 6.47. The number of rotatable bonds is 2. The Morgan fingerprint density at radius 2 is 1.90 bits per heavy atom. The Bertz CT molecular complexity index is 537. The molecule has 1 aromatic carbocycles. The van der Waals surface area contributed by atoms with Gasteiger partial charge >= 0.3 is 0 Å². The molecule has 0 atom stereocenters. The maximum atomic E-state index is 12.4. The molecule has 1 aromatic rings. The summed E-state index contributed by atoms with van der Waals surface area (Å²) >= 11 is 0. The second kappa shape index (κ2) is 5.00. The lowest BCUT2D eigenvalue weighted by molar-refractivity contribution is -0.301. The Morgan fingerprint density at radius 3 is 2.52 bits per heavy atom. The molecule has 5 heteroatoms. The zero-order valence-electron chi connectivity index (χ0n) is 12.7. The van der Waals surface area contributed by atoms with Crippen LogP contribution < -0.4 is 4.74 Å². The van der Waals surface area contributed by atoms with E-state index in [0.717, 1.165) is 0 Å². The predicted octanol–water partition coefficient (Wildman–Crippen LogP) is 1.92. The number of ether oxygens (including phenoxy) is 3.